The van der Waals surface area contributed by atoms with Gasteiger partial charge in [0.25, 0.3) is 0 Å². The number of para-hydroxylation sites is 1. The fourth-order valence-electron chi connectivity index (χ4n) is 4.51. The van der Waals surface area contributed by atoms with Gasteiger partial charge in [-0.3, -0.25) is 9.59 Å². The average Bonchev–Trinajstić information content (AvgIpc) is 2.94. The van der Waals surface area contributed by atoms with E-state index in [1.54, 1.807) is 30.2 Å². The zero-order valence-electron chi connectivity index (χ0n) is 20.9. The fourth-order valence-corrected chi connectivity index (χ4v) is 4.51. The first-order chi connectivity index (χ1) is 18.4. The molecule has 192 valence electrons. The Morgan fingerprint density at radius 1 is 1.03 bits per heavy atom. The van der Waals surface area contributed by atoms with E-state index < -0.39 is 5.82 Å². The minimum absolute atomic E-state index is 0.0566. The molecule has 1 fully saturated rings. The monoisotopic (exact) mass is 510 g/mol. The summed E-state index contributed by atoms with van der Waals surface area (Å²) in [6.07, 6.45) is 2.91. The Morgan fingerprint density at radius 2 is 1.82 bits per heavy atom. The smallest absolute Gasteiger partial charge is 0.247 e. The van der Waals surface area contributed by atoms with E-state index in [2.05, 4.69) is 27.1 Å². The summed E-state index contributed by atoms with van der Waals surface area (Å²) in [5, 5.41) is 6.60. The summed E-state index contributed by atoms with van der Waals surface area (Å²) in [5.74, 6) is -0.386. The van der Waals surface area contributed by atoms with Crippen LogP contribution in [-0.2, 0) is 9.59 Å². The SMILES string of the molecule is C=CC(=O)Nc1cccc(-c2cccc3cnc(Nc4ccc(N5CCN(C(C)=O)CC5)cc4F)nc23)c1. The molecule has 4 aromatic rings. The number of aromatic nitrogens is 2. The molecule has 1 aliphatic rings. The second-order valence-corrected chi connectivity index (χ2v) is 8.99. The van der Waals surface area contributed by atoms with Gasteiger partial charge in [-0.2, -0.15) is 0 Å². The summed E-state index contributed by atoms with van der Waals surface area (Å²) in [7, 11) is 0. The van der Waals surface area contributed by atoms with E-state index in [0.717, 1.165) is 22.2 Å². The van der Waals surface area contributed by atoms with Gasteiger partial charge in [0.2, 0.25) is 17.8 Å². The predicted octanol–water partition coefficient (Wildman–Crippen LogP) is 4.97. The second-order valence-electron chi connectivity index (χ2n) is 8.99. The molecular formula is C29H27FN6O2. The van der Waals surface area contributed by atoms with Crippen LogP contribution >= 0.6 is 0 Å². The highest BCUT2D eigenvalue weighted by Gasteiger charge is 2.20. The number of hydrogen-bond donors (Lipinski definition) is 2. The molecule has 9 heteroatoms. The molecule has 0 saturated carbocycles. The van der Waals surface area contributed by atoms with E-state index in [1.165, 1.54) is 12.1 Å². The quantitative estimate of drug-likeness (QED) is 0.356. The third-order valence-corrected chi connectivity index (χ3v) is 6.53. The maximum Gasteiger partial charge on any atom is 0.247 e. The van der Waals surface area contributed by atoms with Crippen molar-refractivity contribution in [3.63, 3.8) is 0 Å². The van der Waals surface area contributed by atoms with Crippen LogP contribution in [0.5, 0.6) is 0 Å². The van der Waals surface area contributed by atoms with E-state index in [-0.39, 0.29) is 23.5 Å². The molecule has 2 amide bonds. The first-order valence-electron chi connectivity index (χ1n) is 12.3. The third-order valence-electron chi connectivity index (χ3n) is 6.53. The standard InChI is InChI=1S/C29H27FN6O2/c1-3-27(38)32-22-8-4-6-20(16-22)24-9-5-7-21-18-31-29(34-28(21)24)33-26-11-10-23(17-25(26)30)36-14-12-35(13-15-36)19(2)37/h3-11,16-18H,1,12-15H2,2H3,(H,32,38)(H,31,33,34). The lowest BCUT2D eigenvalue weighted by molar-refractivity contribution is -0.129. The van der Waals surface area contributed by atoms with Crippen molar-refractivity contribution in [3.05, 3.63) is 85.3 Å². The van der Waals surface area contributed by atoms with Gasteiger partial charge < -0.3 is 20.4 Å². The molecule has 3 aromatic carbocycles. The van der Waals surface area contributed by atoms with Crippen LogP contribution in [0.1, 0.15) is 6.92 Å². The number of carbonyl (C=O) groups is 2. The Kier molecular flexibility index (Phi) is 6.99. The second kappa shape index (κ2) is 10.7. The van der Waals surface area contributed by atoms with Crippen molar-refractivity contribution in [2.45, 2.75) is 6.92 Å². The van der Waals surface area contributed by atoms with Gasteiger partial charge in [0.05, 0.1) is 11.2 Å². The van der Waals surface area contributed by atoms with Gasteiger partial charge in [-0.15, -0.1) is 0 Å². The number of anilines is 4. The molecule has 0 unspecified atom stereocenters. The number of hydrogen-bond acceptors (Lipinski definition) is 6. The van der Waals surface area contributed by atoms with Crippen molar-refractivity contribution in [2.24, 2.45) is 0 Å². The van der Waals surface area contributed by atoms with Crippen LogP contribution in [-0.4, -0.2) is 52.9 Å². The molecule has 2 heterocycles. The number of carbonyl (C=O) groups excluding carboxylic acids is 2. The number of piperazine rings is 1. The first kappa shape index (κ1) is 24.9. The summed E-state index contributed by atoms with van der Waals surface area (Å²) >= 11 is 0. The number of nitrogens with one attached hydrogen (secondary N) is 2. The van der Waals surface area contributed by atoms with Gasteiger partial charge in [0, 0.05) is 61.6 Å². The summed E-state index contributed by atoms with van der Waals surface area (Å²) < 4.78 is 15.1. The molecule has 0 atom stereocenters. The average molecular weight is 511 g/mol. The number of amides is 2. The summed E-state index contributed by atoms with van der Waals surface area (Å²) in [6, 6.07) is 18.2. The van der Waals surface area contributed by atoms with Gasteiger partial charge >= 0.3 is 0 Å². The zero-order valence-corrected chi connectivity index (χ0v) is 20.9. The molecular weight excluding hydrogens is 483 g/mol. The van der Waals surface area contributed by atoms with Gasteiger partial charge in [-0.05, 0) is 42.0 Å². The minimum Gasteiger partial charge on any atom is -0.368 e. The summed E-state index contributed by atoms with van der Waals surface area (Å²) in [6.45, 7) is 7.60. The number of halogens is 1. The topological polar surface area (TPSA) is 90.5 Å². The van der Waals surface area contributed by atoms with Crippen molar-refractivity contribution in [3.8, 4) is 11.1 Å². The minimum atomic E-state index is -0.417. The van der Waals surface area contributed by atoms with Crippen molar-refractivity contribution in [1.82, 2.24) is 14.9 Å². The molecule has 1 aliphatic heterocycles. The van der Waals surface area contributed by atoms with Crippen molar-refractivity contribution in [1.29, 1.82) is 0 Å². The third kappa shape index (κ3) is 5.31. The molecule has 5 rings (SSSR count). The molecule has 1 saturated heterocycles. The van der Waals surface area contributed by atoms with Crippen LogP contribution < -0.4 is 15.5 Å². The molecule has 0 radical (unpaired) electrons. The van der Waals surface area contributed by atoms with Crippen LogP contribution in [0, 0.1) is 5.82 Å². The lowest BCUT2D eigenvalue weighted by Gasteiger charge is -2.35. The van der Waals surface area contributed by atoms with Crippen LogP contribution in [0.4, 0.5) is 27.4 Å². The highest BCUT2D eigenvalue weighted by Crippen LogP contribution is 2.30. The Labute approximate surface area is 219 Å². The predicted molar refractivity (Wildman–Crippen MR) is 148 cm³/mol. The molecule has 0 spiro atoms. The maximum atomic E-state index is 15.1. The molecule has 0 bridgehead atoms. The molecule has 8 nitrogen and oxygen atoms in total. The molecule has 2 N–H and O–H groups in total. The van der Waals surface area contributed by atoms with E-state index in [4.69, 9.17) is 4.98 Å². The van der Waals surface area contributed by atoms with Gasteiger partial charge in [0.1, 0.15) is 5.82 Å². The van der Waals surface area contributed by atoms with Crippen LogP contribution in [0.15, 0.2) is 79.5 Å². The normalized spacial score (nSPS) is 13.3. The van der Waals surface area contributed by atoms with Gasteiger partial charge in [-0.25, -0.2) is 14.4 Å². The maximum absolute atomic E-state index is 15.1. The highest BCUT2D eigenvalue weighted by molar-refractivity contribution is 6.00. The lowest BCUT2D eigenvalue weighted by atomic mass is 10.0. The number of nitrogens with zero attached hydrogens (tertiary/aromatic N) is 4. The Hall–Kier alpha value is -4.79. The van der Waals surface area contributed by atoms with E-state index >= 15 is 4.39 Å². The van der Waals surface area contributed by atoms with Gasteiger partial charge in [-0.1, -0.05) is 36.9 Å². The molecule has 1 aromatic heterocycles. The van der Waals surface area contributed by atoms with E-state index in [9.17, 15) is 9.59 Å². The molecule has 38 heavy (non-hydrogen) atoms. The zero-order chi connectivity index (χ0) is 26.6. The molecule has 0 aliphatic carbocycles. The number of benzene rings is 3. The Morgan fingerprint density at radius 3 is 2.55 bits per heavy atom. The number of rotatable bonds is 6. The van der Waals surface area contributed by atoms with Gasteiger partial charge in [0.15, 0.2) is 0 Å². The van der Waals surface area contributed by atoms with E-state index in [1.807, 2.05) is 42.5 Å². The fraction of sp³-hybridized carbons (Fsp3) is 0.172. The number of fused-ring (bicyclic) bond motifs is 1. The van der Waals surface area contributed by atoms with Crippen LogP contribution in [0.25, 0.3) is 22.0 Å². The summed E-state index contributed by atoms with van der Waals surface area (Å²) in [4.78, 5) is 36.2. The van der Waals surface area contributed by atoms with Crippen molar-refractivity contribution < 1.29 is 14.0 Å². The largest absolute Gasteiger partial charge is 0.368 e. The summed E-state index contributed by atoms with van der Waals surface area (Å²) in [5.41, 5.74) is 4.08. The lowest BCUT2D eigenvalue weighted by Crippen LogP contribution is -2.48. The Bertz CT molecular complexity index is 1530. The van der Waals surface area contributed by atoms with Crippen molar-refractivity contribution in [2.75, 3.05) is 41.7 Å². The van der Waals surface area contributed by atoms with E-state index in [0.29, 0.717) is 37.4 Å². The van der Waals surface area contributed by atoms with Crippen molar-refractivity contribution >= 4 is 45.7 Å². The van der Waals surface area contributed by atoms with Crippen LogP contribution in [0.2, 0.25) is 0 Å². The highest BCUT2D eigenvalue weighted by atomic mass is 19.1. The first-order valence-corrected chi connectivity index (χ1v) is 12.3. The Balaban J connectivity index is 1.39. The van der Waals surface area contributed by atoms with Crippen LogP contribution in [0.3, 0.4) is 0 Å².